The van der Waals surface area contributed by atoms with Gasteiger partial charge in [-0.2, -0.15) is 0 Å². The Bertz CT molecular complexity index is 549. The predicted molar refractivity (Wildman–Crippen MR) is 139 cm³/mol. The maximum absolute atomic E-state index is 11.7. The van der Waals surface area contributed by atoms with Crippen molar-refractivity contribution in [3.63, 3.8) is 0 Å². The van der Waals surface area contributed by atoms with Gasteiger partial charge < -0.3 is 4.74 Å². The maximum atomic E-state index is 11.7. The molecule has 0 N–H and O–H groups in total. The molecule has 0 spiro atoms. The second-order valence-electron chi connectivity index (χ2n) is 9.26. The Hall–Kier alpha value is -1.57. The fourth-order valence-electron chi connectivity index (χ4n) is 4.12. The Labute approximate surface area is 199 Å². The zero-order valence-electron chi connectivity index (χ0n) is 21.0. The molecule has 0 heterocycles. The maximum Gasteiger partial charge on any atom is 0.315 e. The summed E-state index contributed by atoms with van der Waals surface area (Å²) in [4.78, 5) is 11.7. The van der Waals surface area contributed by atoms with Crippen LogP contribution in [0.15, 0.2) is 42.5 Å². The summed E-state index contributed by atoms with van der Waals surface area (Å²) in [7, 11) is 0. The van der Waals surface area contributed by atoms with Crippen molar-refractivity contribution < 1.29 is 9.53 Å². The average Bonchev–Trinajstić information content (AvgIpc) is 2.80. The molecule has 0 fully saturated rings. The van der Waals surface area contributed by atoms with Crippen LogP contribution in [0.3, 0.4) is 0 Å². The van der Waals surface area contributed by atoms with Gasteiger partial charge in [-0.25, -0.2) is 0 Å². The normalized spacial score (nSPS) is 11.3. The lowest BCUT2D eigenvalue weighted by molar-refractivity contribution is -0.133. The van der Waals surface area contributed by atoms with Crippen LogP contribution in [-0.4, -0.2) is 5.97 Å². The highest BCUT2D eigenvalue weighted by atomic mass is 16.5. The summed E-state index contributed by atoms with van der Waals surface area (Å²) in [6, 6.07) is 9.27. The molecule has 0 aliphatic carbocycles. The first kappa shape index (κ1) is 28.5. The van der Waals surface area contributed by atoms with Gasteiger partial charge in [0.2, 0.25) is 0 Å². The van der Waals surface area contributed by atoms with Crippen molar-refractivity contribution >= 4 is 5.97 Å². The highest BCUT2D eigenvalue weighted by Gasteiger charge is 2.01. The molecule has 0 bridgehead atoms. The molecule has 0 amide bonds. The third-order valence-corrected chi connectivity index (χ3v) is 6.15. The molecule has 0 aliphatic heterocycles. The van der Waals surface area contributed by atoms with Crippen molar-refractivity contribution in [3.8, 4) is 5.75 Å². The summed E-state index contributed by atoms with van der Waals surface area (Å²) in [5.74, 6) is 0.430. The van der Waals surface area contributed by atoms with Crippen molar-refractivity contribution in [2.24, 2.45) is 0 Å². The van der Waals surface area contributed by atoms with Crippen LogP contribution >= 0.6 is 0 Å². The molecule has 0 radical (unpaired) electrons. The number of hydrogen-bond acceptors (Lipinski definition) is 2. The fraction of sp³-hybridized carbons (Fsp3) is 0.700. The van der Waals surface area contributed by atoms with Gasteiger partial charge in [0, 0.05) is 0 Å². The first-order valence-corrected chi connectivity index (χ1v) is 13.7. The van der Waals surface area contributed by atoms with Gasteiger partial charge in [-0.05, 0) is 25.0 Å². The van der Waals surface area contributed by atoms with Crippen LogP contribution in [0.1, 0.15) is 135 Å². The minimum atomic E-state index is -0.190. The summed E-state index contributed by atoms with van der Waals surface area (Å²) in [6.07, 6.45) is 30.8. The third-order valence-electron chi connectivity index (χ3n) is 6.15. The quantitative estimate of drug-likeness (QED) is 0.0772. The number of para-hydroxylation sites is 1. The Morgan fingerprint density at radius 1 is 0.625 bits per heavy atom. The molecule has 0 aromatic heterocycles. The van der Waals surface area contributed by atoms with Crippen molar-refractivity contribution in [3.05, 3.63) is 42.5 Å². The largest absolute Gasteiger partial charge is 0.426 e. The summed E-state index contributed by atoms with van der Waals surface area (Å²) in [5, 5.41) is 0. The Balaban J connectivity index is 1.74. The third kappa shape index (κ3) is 19.1. The number of unbranched alkanes of at least 4 members (excludes halogenated alkanes) is 18. The molecule has 0 saturated carbocycles. The van der Waals surface area contributed by atoms with E-state index in [-0.39, 0.29) is 5.97 Å². The van der Waals surface area contributed by atoms with E-state index in [4.69, 9.17) is 4.74 Å². The predicted octanol–water partition coefficient (Wildman–Crippen LogP) is 9.97. The molecule has 2 nitrogen and oxygen atoms in total. The summed E-state index contributed by atoms with van der Waals surface area (Å²) in [5.41, 5.74) is 0. The molecular weight excluding hydrogens is 392 g/mol. The van der Waals surface area contributed by atoms with Crippen molar-refractivity contribution in [1.82, 2.24) is 0 Å². The van der Waals surface area contributed by atoms with Crippen LogP contribution < -0.4 is 4.74 Å². The van der Waals surface area contributed by atoms with E-state index >= 15 is 0 Å². The van der Waals surface area contributed by atoms with Gasteiger partial charge in [-0.1, -0.05) is 146 Å². The molecule has 0 atom stereocenters. The van der Waals surface area contributed by atoms with E-state index in [0.29, 0.717) is 12.2 Å². The molecule has 1 aromatic carbocycles. The zero-order valence-corrected chi connectivity index (χ0v) is 21.0. The molecule has 32 heavy (non-hydrogen) atoms. The Kier molecular flexibility index (Phi) is 20.1. The summed E-state index contributed by atoms with van der Waals surface area (Å²) >= 11 is 0. The highest BCUT2D eigenvalue weighted by molar-refractivity contribution is 5.73. The van der Waals surface area contributed by atoms with Crippen molar-refractivity contribution in [2.45, 2.75) is 135 Å². The lowest BCUT2D eigenvalue weighted by Crippen LogP contribution is -2.05. The van der Waals surface area contributed by atoms with Crippen LogP contribution in [0.2, 0.25) is 0 Å². The van der Waals surface area contributed by atoms with Gasteiger partial charge in [0.25, 0.3) is 0 Å². The molecule has 0 saturated heterocycles. The molecule has 182 valence electrons. The topological polar surface area (TPSA) is 26.3 Å². The first-order chi connectivity index (χ1) is 15.8. The molecule has 0 aliphatic rings. The summed E-state index contributed by atoms with van der Waals surface area (Å²) in [6.45, 7) is 2.29. The number of carbonyl (C=O) groups is 1. The lowest BCUT2D eigenvalue weighted by atomic mass is 10.0. The first-order valence-electron chi connectivity index (χ1n) is 13.7. The summed E-state index contributed by atoms with van der Waals surface area (Å²) < 4.78 is 5.27. The SMILES string of the molecule is CCCCCCCCCCCCCCCCCCCCC=CCC(=O)Oc1ccccc1. The Morgan fingerprint density at radius 3 is 1.53 bits per heavy atom. The van der Waals surface area contributed by atoms with E-state index in [0.717, 1.165) is 6.42 Å². The van der Waals surface area contributed by atoms with E-state index in [1.165, 1.54) is 116 Å². The van der Waals surface area contributed by atoms with Gasteiger partial charge in [-0.3, -0.25) is 4.79 Å². The van der Waals surface area contributed by atoms with Gasteiger partial charge in [0.1, 0.15) is 5.75 Å². The van der Waals surface area contributed by atoms with Crippen LogP contribution in [0.25, 0.3) is 0 Å². The minimum absolute atomic E-state index is 0.190. The number of benzene rings is 1. The standard InChI is InChI=1S/C30H50O2/c1-2-3-4-5-6-7-8-9-10-11-12-13-14-15-16-17-18-19-20-21-25-28-30(31)32-29-26-23-22-24-27-29/h21-27H,2-20,28H2,1H3. The number of esters is 1. The van der Waals surface area contributed by atoms with Gasteiger partial charge >= 0.3 is 5.97 Å². The fourth-order valence-corrected chi connectivity index (χ4v) is 4.12. The number of rotatable bonds is 22. The number of hydrogen-bond donors (Lipinski definition) is 0. The van der Waals surface area contributed by atoms with E-state index in [1.807, 2.05) is 24.3 Å². The highest BCUT2D eigenvalue weighted by Crippen LogP contribution is 2.15. The number of ether oxygens (including phenoxy) is 1. The van der Waals surface area contributed by atoms with Crippen LogP contribution in [0, 0.1) is 0 Å². The molecule has 1 aromatic rings. The van der Waals surface area contributed by atoms with Crippen LogP contribution in [0.4, 0.5) is 0 Å². The smallest absolute Gasteiger partial charge is 0.315 e. The second-order valence-corrected chi connectivity index (χ2v) is 9.26. The van der Waals surface area contributed by atoms with Gasteiger partial charge in [0.05, 0.1) is 6.42 Å². The van der Waals surface area contributed by atoms with E-state index < -0.39 is 0 Å². The van der Waals surface area contributed by atoms with E-state index in [1.54, 1.807) is 12.1 Å². The van der Waals surface area contributed by atoms with E-state index in [2.05, 4.69) is 13.0 Å². The van der Waals surface area contributed by atoms with Crippen LogP contribution in [0.5, 0.6) is 5.75 Å². The minimum Gasteiger partial charge on any atom is -0.426 e. The monoisotopic (exact) mass is 442 g/mol. The average molecular weight is 443 g/mol. The molecular formula is C30H50O2. The van der Waals surface area contributed by atoms with Gasteiger partial charge in [-0.15, -0.1) is 0 Å². The lowest BCUT2D eigenvalue weighted by Gasteiger charge is -2.03. The van der Waals surface area contributed by atoms with Crippen molar-refractivity contribution in [1.29, 1.82) is 0 Å². The van der Waals surface area contributed by atoms with Gasteiger partial charge in [0.15, 0.2) is 0 Å². The van der Waals surface area contributed by atoms with Crippen molar-refractivity contribution in [2.75, 3.05) is 0 Å². The molecule has 2 heteroatoms. The second kappa shape index (κ2) is 22.6. The van der Waals surface area contributed by atoms with Crippen LogP contribution in [-0.2, 0) is 4.79 Å². The number of carbonyl (C=O) groups excluding carboxylic acids is 1. The number of allylic oxidation sites excluding steroid dienone is 1. The Morgan fingerprint density at radius 2 is 1.06 bits per heavy atom. The van der Waals surface area contributed by atoms with E-state index in [9.17, 15) is 4.79 Å². The molecule has 1 rings (SSSR count). The zero-order chi connectivity index (χ0) is 23.0. The molecule has 0 unspecified atom stereocenters.